The average molecular weight is 307 g/mol. The van der Waals surface area contributed by atoms with E-state index in [0.717, 1.165) is 33.8 Å². The van der Waals surface area contributed by atoms with Crippen LogP contribution in [0.3, 0.4) is 0 Å². The van der Waals surface area contributed by atoms with E-state index in [-0.39, 0.29) is 11.4 Å². The van der Waals surface area contributed by atoms with Crippen LogP contribution in [0.4, 0.5) is 0 Å². The van der Waals surface area contributed by atoms with Crippen molar-refractivity contribution in [1.29, 1.82) is 0 Å². The van der Waals surface area contributed by atoms with Crippen LogP contribution in [0.15, 0.2) is 28.7 Å². The molecule has 3 heteroatoms. The van der Waals surface area contributed by atoms with Gasteiger partial charge in [-0.1, -0.05) is 6.07 Å². The number of benzene rings is 2. The van der Waals surface area contributed by atoms with E-state index in [1.807, 2.05) is 18.2 Å². The van der Waals surface area contributed by atoms with Gasteiger partial charge in [0, 0.05) is 5.56 Å². The van der Waals surface area contributed by atoms with Gasteiger partial charge in [0.2, 0.25) is 0 Å². The highest BCUT2D eigenvalue weighted by atomic mass is 79.9. The monoisotopic (exact) mass is 306 g/mol. The Kier molecular flexibility index (Phi) is 2.56. The number of phenols is 1. The SMILES string of the molecule is CC1(C)CCc2c(ccc3cc(O)c(Br)cc23)O1. The van der Waals surface area contributed by atoms with Gasteiger partial charge in [0.15, 0.2) is 0 Å². The molecule has 0 spiro atoms. The van der Waals surface area contributed by atoms with E-state index in [2.05, 4.69) is 29.8 Å². The Hall–Kier alpha value is -1.22. The van der Waals surface area contributed by atoms with Gasteiger partial charge in [0.05, 0.1) is 4.47 Å². The molecule has 2 aromatic carbocycles. The molecule has 1 heterocycles. The molecule has 0 atom stereocenters. The van der Waals surface area contributed by atoms with Crippen molar-refractivity contribution in [1.82, 2.24) is 0 Å². The zero-order valence-electron chi connectivity index (χ0n) is 10.5. The first-order chi connectivity index (χ1) is 8.46. The lowest BCUT2D eigenvalue weighted by molar-refractivity contribution is 0.0853. The van der Waals surface area contributed by atoms with Crippen molar-refractivity contribution in [3.63, 3.8) is 0 Å². The van der Waals surface area contributed by atoms with Crippen LogP contribution in [0.2, 0.25) is 0 Å². The summed E-state index contributed by atoms with van der Waals surface area (Å²) in [7, 11) is 0. The zero-order chi connectivity index (χ0) is 12.9. The van der Waals surface area contributed by atoms with Crippen molar-refractivity contribution in [3.8, 4) is 11.5 Å². The maximum atomic E-state index is 9.73. The third kappa shape index (κ3) is 1.87. The van der Waals surface area contributed by atoms with Gasteiger partial charge in [-0.15, -0.1) is 0 Å². The summed E-state index contributed by atoms with van der Waals surface area (Å²) in [5.41, 5.74) is 1.15. The highest BCUT2D eigenvalue weighted by Crippen LogP contribution is 2.40. The number of rotatable bonds is 0. The first kappa shape index (κ1) is 11.8. The van der Waals surface area contributed by atoms with Crippen molar-refractivity contribution >= 4 is 26.7 Å². The van der Waals surface area contributed by atoms with Crippen molar-refractivity contribution in [2.24, 2.45) is 0 Å². The molecule has 0 saturated heterocycles. The van der Waals surface area contributed by atoms with E-state index in [0.29, 0.717) is 0 Å². The first-order valence-corrected chi connectivity index (χ1v) is 6.89. The van der Waals surface area contributed by atoms with Crippen LogP contribution >= 0.6 is 15.9 Å². The predicted octanol–water partition coefficient (Wildman–Crippen LogP) is 4.41. The summed E-state index contributed by atoms with van der Waals surface area (Å²) in [5.74, 6) is 1.25. The van der Waals surface area contributed by atoms with Gasteiger partial charge in [-0.2, -0.15) is 0 Å². The third-order valence-electron chi connectivity index (χ3n) is 3.52. The molecule has 0 bridgehead atoms. The molecule has 0 saturated carbocycles. The number of halogens is 1. The lowest BCUT2D eigenvalue weighted by atomic mass is 9.91. The molecule has 94 valence electrons. The molecule has 18 heavy (non-hydrogen) atoms. The number of aromatic hydroxyl groups is 1. The van der Waals surface area contributed by atoms with Crippen molar-refractivity contribution in [3.05, 3.63) is 34.3 Å². The molecule has 2 nitrogen and oxygen atoms in total. The second-order valence-corrected chi connectivity index (χ2v) is 6.28. The van der Waals surface area contributed by atoms with Crippen LogP contribution in [0, 0.1) is 0 Å². The van der Waals surface area contributed by atoms with Crippen LogP contribution < -0.4 is 4.74 Å². The lowest BCUT2D eigenvalue weighted by Crippen LogP contribution is -2.32. The number of fused-ring (bicyclic) bond motifs is 3. The summed E-state index contributed by atoms with van der Waals surface area (Å²) in [6.07, 6.45) is 2.02. The van der Waals surface area contributed by atoms with Gasteiger partial charge in [0.1, 0.15) is 17.1 Å². The molecular formula is C15H15BrO2. The van der Waals surface area contributed by atoms with Crippen LogP contribution in [0.1, 0.15) is 25.8 Å². The number of phenolic OH excluding ortho intramolecular Hbond substituents is 1. The molecule has 0 aliphatic carbocycles. The van der Waals surface area contributed by atoms with Crippen LogP contribution in [0.5, 0.6) is 11.5 Å². The van der Waals surface area contributed by atoms with E-state index < -0.39 is 0 Å². The van der Waals surface area contributed by atoms with Gasteiger partial charge < -0.3 is 9.84 Å². The maximum absolute atomic E-state index is 9.73. The van der Waals surface area contributed by atoms with E-state index >= 15 is 0 Å². The Morgan fingerprint density at radius 1 is 1.28 bits per heavy atom. The third-order valence-corrected chi connectivity index (χ3v) is 4.15. The minimum atomic E-state index is -0.0885. The summed E-state index contributed by atoms with van der Waals surface area (Å²) in [4.78, 5) is 0. The van der Waals surface area contributed by atoms with E-state index in [9.17, 15) is 5.11 Å². The topological polar surface area (TPSA) is 29.5 Å². The van der Waals surface area contributed by atoms with Gasteiger partial charge in [-0.05, 0) is 71.6 Å². The lowest BCUT2D eigenvalue weighted by Gasteiger charge is -2.33. The molecule has 0 radical (unpaired) electrons. The smallest absolute Gasteiger partial charge is 0.130 e. The molecule has 3 rings (SSSR count). The predicted molar refractivity (Wildman–Crippen MR) is 76.3 cm³/mol. The number of hydrogen-bond donors (Lipinski definition) is 1. The molecular weight excluding hydrogens is 292 g/mol. The molecule has 1 N–H and O–H groups in total. The minimum absolute atomic E-state index is 0.0885. The van der Waals surface area contributed by atoms with Crippen molar-refractivity contribution in [2.45, 2.75) is 32.3 Å². The number of aryl methyl sites for hydroxylation is 1. The standard InChI is InChI=1S/C15H15BrO2/c1-15(2)6-5-10-11-8-12(16)13(17)7-9(11)3-4-14(10)18-15/h3-4,7-8,17H,5-6H2,1-2H3. The van der Waals surface area contributed by atoms with Crippen molar-refractivity contribution in [2.75, 3.05) is 0 Å². The molecule has 0 aromatic heterocycles. The highest BCUT2D eigenvalue weighted by molar-refractivity contribution is 9.10. The van der Waals surface area contributed by atoms with E-state index in [1.165, 1.54) is 5.56 Å². The molecule has 1 aliphatic rings. The largest absolute Gasteiger partial charge is 0.507 e. The minimum Gasteiger partial charge on any atom is -0.507 e. The Bertz CT molecular complexity index is 632. The first-order valence-electron chi connectivity index (χ1n) is 6.09. The molecule has 0 unspecified atom stereocenters. The Morgan fingerprint density at radius 2 is 2.06 bits per heavy atom. The van der Waals surface area contributed by atoms with Gasteiger partial charge in [0.25, 0.3) is 0 Å². The van der Waals surface area contributed by atoms with Crippen LogP contribution in [0.25, 0.3) is 10.8 Å². The van der Waals surface area contributed by atoms with Gasteiger partial charge in [-0.3, -0.25) is 0 Å². The zero-order valence-corrected chi connectivity index (χ0v) is 12.0. The second kappa shape index (κ2) is 3.89. The van der Waals surface area contributed by atoms with Crippen LogP contribution in [-0.4, -0.2) is 10.7 Å². The molecule has 2 aromatic rings. The van der Waals surface area contributed by atoms with Crippen LogP contribution in [-0.2, 0) is 6.42 Å². The summed E-state index contributed by atoms with van der Waals surface area (Å²) < 4.78 is 6.75. The Labute approximate surface area is 115 Å². The van der Waals surface area contributed by atoms with E-state index in [1.54, 1.807) is 6.07 Å². The second-order valence-electron chi connectivity index (χ2n) is 5.43. The highest BCUT2D eigenvalue weighted by Gasteiger charge is 2.27. The number of hydrogen-bond acceptors (Lipinski definition) is 2. The summed E-state index contributed by atoms with van der Waals surface area (Å²) in [5, 5.41) is 11.9. The quantitative estimate of drug-likeness (QED) is 0.781. The van der Waals surface area contributed by atoms with Gasteiger partial charge in [-0.25, -0.2) is 0 Å². The summed E-state index contributed by atoms with van der Waals surface area (Å²) in [6.45, 7) is 4.24. The normalized spacial score (nSPS) is 17.3. The fourth-order valence-electron chi connectivity index (χ4n) is 2.50. The number of ether oxygens (including phenoxy) is 1. The molecule has 0 fully saturated rings. The Balaban J connectivity index is 2.24. The molecule has 0 amide bonds. The fourth-order valence-corrected chi connectivity index (χ4v) is 2.85. The Morgan fingerprint density at radius 3 is 2.83 bits per heavy atom. The average Bonchev–Trinajstić information content (AvgIpc) is 2.29. The van der Waals surface area contributed by atoms with Crippen molar-refractivity contribution < 1.29 is 9.84 Å². The molecule has 1 aliphatic heterocycles. The summed E-state index contributed by atoms with van der Waals surface area (Å²) >= 11 is 3.38. The summed E-state index contributed by atoms with van der Waals surface area (Å²) in [6, 6.07) is 7.78. The van der Waals surface area contributed by atoms with E-state index in [4.69, 9.17) is 4.74 Å². The van der Waals surface area contributed by atoms with Gasteiger partial charge >= 0.3 is 0 Å². The fraction of sp³-hybridized carbons (Fsp3) is 0.333. The maximum Gasteiger partial charge on any atom is 0.130 e.